The van der Waals surface area contributed by atoms with Crippen LogP contribution in [0.4, 0.5) is 25.8 Å². The molecule has 0 aliphatic rings. The summed E-state index contributed by atoms with van der Waals surface area (Å²) in [7, 11) is 0. The predicted molar refractivity (Wildman–Crippen MR) is 216 cm³/mol. The number of carbonyl (C=O) groups excluding carboxylic acids is 3. The van der Waals surface area contributed by atoms with Gasteiger partial charge in [0.15, 0.2) is 0 Å². The van der Waals surface area contributed by atoms with Gasteiger partial charge in [0.2, 0.25) is 0 Å². The molecule has 0 saturated carbocycles. The third-order valence-corrected chi connectivity index (χ3v) is 7.04. The number of pyridine rings is 2. The van der Waals surface area contributed by atoms with Crippen LogP contribution in [0, 0.1) is 10.8 Å². The molecule has 1 amide bonds. The van der Waals surface area contributed by atoms with Crippen LogP contribution in [0.2, 0.25) is 0 Å². The molecule has 54 heavy (non-hydrogen) atoms. The molecule has 0 spiro atoms. The number of anilines is 2. The van der Waals surface area contributed by atoms with Crippen molar-refractivity contribution in [2.75, 3.05) is 11.1 Å². The smallest absolute Gasteiger partial charge is 0.444 e. The van der Waals surface area contributed by atoms with E-state index in [0.29, 0.717) is 33.9 Å². The number of benzene rings is 2. The van der Waals surface area contributed by atoms with E-state index in [-0.39, 0.29) is 0 Å². The SMILES string of the molecule is CC(C)(C)OC(=O)Nc1ccc(Br)cc1C(=N)c1ccncc1.CC(C)(C)OC(=O)OC(=O)OC(C)(C)C.N=C(c1ccncc1)c1cc(Br)ccc1N. The molecule has 2 heterocycles. The Labute approximate surface area is 332 Å². The lowest BCUT2D eigenvalue weighted by atomic mass is 10.0. The van der Waals surface area contributed by atoms with E-state index in [1.165, 1.54) is 0 Å². The molecule has 4 rings (SSSR count). The molecule has 288 valence electrons. The van der Waals surface area contributed by atoms with Crippen molar-refractivity contribution >= 4 is 73.1 Å². The molecule has 15 heteroatoms. The molecule has 2 aromatic heterocycles. The number of aromatic nitrogens is 2. The summed E-state index contributed by atoms with van der Waals surface area (Å²) >= 11 is 6.77. The number of rotatable bonds is 5. The lowest BCUT2D eigenvalue weighted by Crippen LogP contribution is -2.29. The fraction of sp³-hybridized carbons (Fsp3) is 0.308. The third kappa shape index (κ3) is 17.1. The largest absolute Gasteiger partial charge is 0.519 e. The Bertz CT molecular complexity index is 1900. The number of nitrogens with zero attached hydrogens (tertiary/aromatic N) is 2. The second-order valence-electron chi connectivity index (χ2n) is 14.3. The number of ether oxygens (including phenoxy) is 4. The highest BCUT2D eigenvalue weighted by Crippen LogP contribution is 2.25. The number of hydrogen-bond acceptors (Lipinski definition) is 12. The van der Waals surface area contributed by atoms with Crippen LogP contribution in [0.1, 0.15) is 84.6 Å². The Hall–Kier alpha value is -5.15. The fourth-order valence-corrected chi connectivity index (χ4v) is 4.67. The van der Waals surface area contributed by atoms with Crippen LogP contribution in [0.5, 0.6) is 0 Å². The van der Waals surface area contributed by atoms with Crippen molar-refractivity contribution in [2.24, 2.45) is 0 Å². The molecule has 4 aromatic rings. The quantitative estimate of drug-likeness (QED) is 0.0492. The van der Waals surface area contributed by atoms with Gasteiger partial charge in [-0.1, -0.05) is 31.9 Å². The van der Waals surface area contributed by atoms with Crippen molar-refractivity contribution in [1.82, 2.24) is 9.97 Å². The van der Waals surface area contributed by atoms with Gasteiger partial charge in [-0.25, -0.2) is 14.4 Å². The van der Waals surface area contributed by atoms with E-state index in [2.05, 4.69) is 51.9 Å². The first-order valence-corrected chi connectivity index (χ1v) is 18.0. The summed E-state index contributed by atoms with van der Waals surface area (Å²) in [6.45, 7) is 15.4. The maximum absolute atomic E-state index is 12.0. The highest BCUT2D eigenvalue weighted by atomic mass is 79.9. The van der Waals surface area contributed by atoms with Gasteiger partial charge in [0.25, 0.3) is 0 Å². The zero-order valence-electron chi connectivity index (χ0n) is 31.7. The lowest BCUT2D eigenvalue weighted by molar-refractivity contribution is -0.0294. The molecule has 0 aliphatic carbocycles. The number of hydrogen-bond donors (Lipinski definition) is 4. The average molecular weight is 871 g/mol. The van der Waals surface area contributed by atoms with Gasteiger partial charge in [-0.3, -0.25) is 26.1 Å². The predicted octanol–water partition coefficient (Wildman–Crippen LogP) is 10.3. The number of halogens is 2. The normalized spacial score (nSPS) is 10.9. The van der Waals surface area contributed by atoms with E-state index in [4.69, 9.17) is 30.8 Å². The molecule has 5 N–H and O–H groups in total. The van der Waals surface area contributed by atoms with Crippen LogP contribution in [0.25, 0.3) is 0 Å². The highest BCUT2D eigenvalue weighted by Gasteiger charge is 2.24. The van der Waals surface area contributed by atoms with E-state index in [0.717, 1.165) is 20.1 Å². The van der Waals surface area contributed by atoms with Gasteiger partial charge in [-0.15, -0.1) is 0 Å². The van der Waals surface area contributed by atoms with Crippen LogP contribution in [0.15, 0.2) is 94.4 Å². The van der Waals surface area contributed by atoms with Crippen molar-refractivity contribution < 1.29 is 33.3 Å². The number of nitrogens with one attached hydrogen (secondary N) is 3. The van der Waals surface area contributed by atoms with Crippen molar-refractivity contribution in [2.45, 2.75) is 79.1 Å². The average Bonchev–Trinajstić information content (AvgIpc) is 3.05. The molecule has 0 unspecified atom stereocenters. The Morgan fingerprint density at radius 1 is 0.611 bits per heavy atom. The van der Waals surface area contributed by atoms with Crippen molar-refractivity contribution in [1.29, 1.82) is 10.8 Å². The Morgan fingerprint density at radius 2 is 1.00 bits per heavy atom. The summed E-state index contributed by atoms with van der Waals surface area (Å²) in [5.41, 5.74) is 8.52. The van der Waals surface area contributed by atoms with Gasteiger partial charge >= 0.3 is 18.4 Å². The summed E-state index contributed by atoms with van der Waals surface area (Å²) in [4.78, 5) is 41.9. The third-order valence-electron chi connectivity index (χ3n) is 6.05. The van der Waals surface area contributed by atoms with E-state index < -0.39 is 35.2 Å². The molecule has 0 radical (unpaired) electrons. The van der Waals surface area contributed by atoms with Gasteiger partial charge in [0.1, 0.15) is 16.8 Å². The number of nitrogen functional groups attached to an aromatic ring is 1. The van der Waals surface area contributed by atoms with Crippen molar-refractivity contribution in [3.05, 3.63) is 117 Å². The molecule has 0 bridgehead atoms. The molecule has 0 fully saturated rings. The van der Waals surface area contributed by atoms with Crippen molar-refractivity contribution in [3.63, 3.8) is 0 Å². The van der Waals surface area contributed by atoms with Crippen LogP contribution in [0.3, 0.4) is 0 Å². The van der Waals surface area contributed by atoms with Gasteiger partial charge in [0, 0.05) is 61.7 Å². The van der Waals surface area contributed by atoms with Gasteiger partial charge in [0.05, 0.1) is 17.1 Å². The fourth-order valence-electron chi connectivity index (χ4n) is 3.95. The highest BCUT2D eigenvalue weighted by molar-refractivity contribution is 9.10. The van der Waals surface area contributed by atoms with Crippen LogP contribution in [-0.2, 0) is 18.9 Å². The first kappa shape index (κ1) is 45.0. The van der Waals surface area contributed by atoms with Gasteiger partial charge < -0.3 is 24.7 Å². The minimum Gasteiger partial charge on any atom is -0.444 e. The summed E-state index contributed by atoms with van der Waals surface area (Å²) < 4.78 is 20.8. The first-order valence-electron chi connectivity index (χ1n) is 16.4. The van der Waals surface area contributed by atoms with Crippen molar-refractivity contribution in [3.8, 4) is 0 Å². The minimum absolute atomic E-state index is 0.291. The monoisotopic (exact) mass is 868 g/mol. The molecule has 0 saturated heterocycles. The van der Waals surface area contributed by atoms with Gasteiger partial charge in [-0.05, 0) is 123 Å². The van der Waals surface area contributed by atoms with E-state index in [1.54, 1.807) is 136 Å². The van der Waals surface area contributed by atoms with E-state index in [9.17, 15) is 14.4 Å². The van der Waals surface area contributed by atoms with Gasteiger partial charge in [-0.2, -0.15) is 0 Å². The standard InChI is InChI=1S/C17H18BrN3O2.C12H10BrN3.C10H18O5/c1-17(2,3)23-16(22)21-14-5-4-12(18)10-13(14)15(19)11-6-8-20-9-7-11;13-9-1-2-11(14)10(7-9)12(15)8-3-5-16-6-4-8;1-9(2,3)14-7(11)13-8(12)15-10(4,5)6/h4-10,19H,1-3H3,(H,21,22);1-7,15H,14H2;1-6H3. The molecule has 13 nitrogen and oxygen atoms in total. The van der Waals surface area contributed by atoms with Crippen LogP contribution < -0.4 is 11.1 Å². The lowest BCUT2D eigenvalue weighted by Gasteiger charge is -2.20. The second-order valence-corrected chi connectivity index (χ2v) is 16.1. The number of amides is 1. The van der Waals surface area contributed by atoms with E-state index in [1.807, 2.05) is 12.1 Å². The molecular formula is C39H46Br2N6O7. The molecular weight excluding hydrogens is 824 g/mol. The minimum atomic E-state index is -1.06. The van der Waals surface area contributed by atoms with Crippen LogP contribution in [-0.4, -0.2) is 56.6 Å². The summed E-state index contributed by atoms with van der Waals surface area (Å²) in [6.07, 6.45) is 3.92. The topological polar surface area (TPSA) is 200 Å². The van der Waals surface area contributed by atoms with Crippen LogP contribution >= 0.6 is 31.9 Å². The van der Waals surface area contributed by atoms with E-state index >= 15 is 0 Å². The summed E-state index contributed by atoms with van der Waals surface area (Å²) in [5, 5.41) is 19.2. The zero-order valence-corrected chi connectivity index (χ0v) is 34.8. The molecule has 0 aliphatic heterocycles. The maximum atomic E-state index is 12.0. The molecule has 2 aromatic carbocycles. The number of nitrogens with two attached hydrogens (primary N) is 1. The molecule has 0 atom stereocenters. The Balaban J connectivity index is 0.000000290. The maximum Gasteiger partial charge on any atom is 0.519 e. The summed E-state index contributed by atoms with van der Waals surface area (Å²) in [5.74, 6) is 0. The summed E-state index contributed by atoms with van der Waals surface area (Å²) in [6, 6.07) is 17.9. The Kier molecular flexibility index (Phi) is 16.5. The number of carbonyl (C=O) groups is 3. The Morgan fingerprint density at radius 3 is 1.43 bits per heavy atom. The zero-order chi connectivity index (χ0) is 40.9. The first-order chi connectivity index (χ1) is 24.9. The second kappa shape index (κ2) is 19.8.